The van der Waals surface area contributed by atoms with E-state index in [-0.39, 0.29) is 5.82 Å². The summed E-state index contributed by atoms with van der Waals surface area (Å²) >= 11 is 0. The third-order valence-electron chi connectivity index (χ3n) is 3.21. The van der Waals surface area contributed by atoms with Crippen LogP contribution in [0, 0.1) is 23.1 Å². The lowest BCUT2D eigenvalue weighted by Crippen LogP contribution is -2.33. The first-order chi connectivity index (χ1) is 7.72. The van der Waals surface area contributed by atoms with Crippen LogP contribution in [0.3, 0.4) is 0 Å². The summed E-state index contributed by atoms with van der Waals surface area (Å²) in [7, 11) is 0. The van der Waals surface area contributed by atoms with Gasteiger partial charge < -0.3 is 4.90 Å². The molecule has 0 aliphatic carbocycles. The van der Waals surface area contributed by atoms with Gasteiger partial charge in [-0.25, -0.2) is 4.39 Å². The van der Waals surface area contributed by atoms with Crippen LogP contribution in [0.1, 0.15) is 25.3 Å². The molecule has 3 heteroatoms. The summed E-state index contributed by atoms with van der Waals surface area (Å²) in [5.41, 5.74) is 0.923. The monoisotopic (exact) mass is 218 g/mol. The zero-order chi connectivity index (χ0) is 11.5. The summed E-state index contributed by atoms with van der Waals surface area (Å²) in [5, 5.41) is 8.98. The van der Waals surface area contributed by atoms with E-state index in [9.17, 15) is 4.39 Å². The molecule has 0 aromatic heterocycles. The van der Waals surface area contributed by atoms with E-state index >= 15 is 0 Å². The molecule has 1 aliphatic rings. The number of piperidine rings is 1. The van der Waals surface area contributed by atoms with Gasteiger partial charge in [-0.1, -0.05) is 13.0 Å². The molecule has 84 valence electrons. The van der Waals surface area contributed by atoms with E-state index in [0.717, 1.165) is 25.9 Å². The molecule has 0 N–H and O–H groups in total. The van der Waals surface area contributed by atoms with E-state index in [2.05, 4.69) is 13.0 Å². The van der Waals surface area contributed by atoms with Gasteiger partial charge in [0.25, 0.3) is 0 Å². The Morgan fingerprint density at radius 3 is 2.69 bits per heavy atom. The van der Waals surface area contributed by atoms with Gasteiger partial charge in [0.05, 0.1) is 11.3 Å². The lowest BCUT2D eigenvalue weighted by atomic mass is 9.98. The molecule has 0 spiro atoms. The van der Waals surface area contributed by atoms with Crippen LogP contribution in [-0.4, -0.2) is 13.1 Å². The number of hydrogen-bond donors (Lipinski definition) is 0. The molecule has 1 fully saturated rings. The minimum atomic E-state index is -0.284. The summed E-state index contributed by atoms with van der Waals surface area (Å²) in [5.74, 6) is 0.419. The van der Waals surface area contributed by atoms with Crippen molar-refractivity contribution in [3.63, 3.8) is 0 Å². The first-order valence-corrected chi connectivity index (χ1v) is 5.66. The van der Waals surface area contributed by atoms with Gasteiger partial charge in [0, 0.05) is 13.1 Å². The van der Waals surface area contributed by atoms with Gasteiger partial charge >= 0.3 is 0 Å². The molecular weight excluding hydrogens is 203 g/mol. The highest BCUT2D eigenvalue weighted by Crippen LogP contribution is 2.28. The predicted octanol–water partition coefficient (Wildman–Crippen LogP) is 2.93. The highest BCUT2D eigenvalue weighted by Gasteiger charge is 2.20. The molecule has 1 heterocycles. The van der Waals surface area contributed by atoms with Gasteiger partial charge in [0.15, 0.2) is 0 Å². The molecule has 0 saturated carbocycles. The van der Waals surface area contributed by atoms with Crippen molar-refractivity contribution in [2.24, 2.45) is 5.92 Å². The summed E-state index contributed by atoms with van der Waals surface area (Å²) in [4.78, 5) is 1.99. The number of rotatable bonds is 1. The highest BCUT2D eigenvalue weighted by atomic mass is 19.1. The molecule has 0 amide bonds. The molecule has 2 rings (SSSR count). The van der Waals surface area contributed by atoms with Crippen LogP contribution < -0.4 is 4.90 Å². The molecule has 2 nitrogen and oxygen atoms in total. The maximum Gasteiger partial charge on any atom is 0.147 e. The second-order valence-corrected chi connectivity index (χ2v) is 4.42. The Hall–Kier alpha value is -1.56. The number of benzene rings is 1. The number of nitrogens with zero attached hydrogens (tertiary/aromatic N) is 2. The summed E-state index contributed by atoms with van der Waals surface area (Å²) in [6.07, 6.45) is 2.14. The fourth-order valence-electron chi connectivity index (χ4n) is 2.16. The van der Waals surface area contributed by atoms with Crippen LogP contribution in [0.25, 0.3) is 0 Å². The molecule has 0 radical (unpaired) electrons. The van der Waals surface area contributed by atoms with Gasteiger partial charge in [-0.2, -0.15) is 5.26 Å². The van der Waals surface area contributed by atoms with Gasteiger partial charge in [-0.3, -0.25) is 0 Å². The van der Waals surface area contributed by atoms with Crippen molar-refractivity contribution in [1.29, 1.82) is 5.26 Å². The normalized spacial score (nSPS) is 17.2. The first-order valence-electron chi connectivity index (χ1n) is 5.66. The van der Waals surface area contributed by atoms with Crippen LogP contribution in [0.15, 0.2) is 18.2 Å². The second-order valence-electron chi connectivity index (χ2n) is 4.42. The number of hydrogen-bond acceptors (Lipinski definition) is 2. The Bertz CT molecular complexity index is 414. The smallest absolute Gasteiger partial charge is 0.147 e. The standard InChI is InChI=1S/C13H15FN2/c1-10-5-7-16(8-6-10)13-11(9-15)3-2-4-12(13)14/h2-4,10H,5-8H2,1H3. The molecule has 0 atom stereocenters. The average molecular weight is 218 g/mol. The van der Waals surface area contributed by atoms with Crippen molar-refractivity contribution in [2.75, 3.05) is 18.0 Å². The van der Waals surface area contributed by atoms with Gasteiger partial charge in [-0.05, 0) is 30.9 Å². The van der Waals surface area contributed by atoms with Gasteiger partial charge in [-0.15, -0.1) is 0 Å². The average Bonchev–Trinajstić information content (AvgIpc) is 2.30. The SMILES string of the molecule is CC1CCN(c2c(F)cccc2C#N)CC1. The largest absolute Gasteiger partial charge is 0.368 e. The number of para-hydroxylation sites is 1. The molecule has 1 saturated heterocycles. The zero-order valence-corrected chi connectivity index (χ0v) is 9.41. The maximum atomic E-state index is 13.7. The molecule has 1 aromatic carbocycles. The molecule has 0 bridgehead atoms. The highest BCUT2D eigenvalue weighted by molar-refractivity contribution is 5.60. The minimum Gasteiger partial charge on any atom is -0.368 e. The number of anilines is 1. The minimum absolute atomic E-state index is 0.284. The van der Waals surface area contributed by atoms with Crippen LogP contribution >= 0.6 is 0 Å². The zero-order valence-electron chi connectivity index (χ0n) is 9.41. The third-order valence-corrected chi connectivity index (χ3v) is 3.21. The van der Waals surface area contributed by atoms with E-state index in [1.807, 2.05) is 4.90 Å². The Morgan fingerprint density at radius 2 is 2.06 bits per heavy atom. The van der Waals surface area contributed by atoms with Crippen LogP contribution in [0.5, 0.6) is 0 Å². The van der Waals surface area contributed by atoms with Crippen molar-refractivity contribution < 1.29 is 4.39 Å². The van der Waals surface area contributed by atoms with E-state index in [4.69, 9.17) is 5.26 Å². The lowest BCUT2D eigenvalue weighted by Gasteiger charge is -2.32. The van der Waals surface area contributed by atoms with Crippen molar-refractivity contribution >= 4 is 5.69 Å². The predicted molar refractivity (Wildman–Crippen MR) is 61.7 cm³/mol. The molecule has 1 aromatic rings. The van der Waals surface area contributed by atoms with Crippen LogP contribution in [0.4, 0.5) is 10.1 Å². The van der Waals surface area contributed by atoms with Crippen LogP contribution in [-0.2, 0) is 0 Å². The number of nitriles is 1. The van der Waals surface area contributed by atoms with E-state index < -0.39 is 0 Å². The molecule has 1 aliphatic heterocycles. The summed E-state index contributed by atoms with van der Waals surface area (Å²) in [6.45, 7) is 3.90. The quantitative estimate of drug-likeness (QED) is 0.724. The third kappa shape index (κ3) is 2.01. The van der Waals surface area contributed by atoms with E-state index in [0.29, 0.717) is 17.2 Å². The second kappa shape index (κ2) is 4.52. The summed E-state index contributed by atoms with van der Waals surface area (Å²) in [6, 6.07) is 6.75. The van der Waals surface area contributed by atoms with Crippen LogP contribution in [0.2, 0.25) is 0 Å². The van der Waals surface area contributed by atoms with Crippen molar-refractivity contribution in [2.45, 2.75) is 19.8 Å². The Morgan fingerprint density at radius 1 is 1.38 bits per heavy atom. The number of halogens is 1. The first kappa shape index (κ1) is 10.9. The van der Waals surface area contributed by atoms with Crippen molar-refractivity contribution in [3.05, 3.63) is 29.6 Å². The van der Waals surface area contributed by atoms with E-state index in [1.54, 1.807) is 12.1 Å². The Kier molecular flexibility index (Phi) is 3.09. The van der Waals surface area contributed by atoms with E-state index in [1.165, 1.54) is 6.07 Å². The van der Waals surface area contributed by atoms with Gasteiger partial charge in [0.2, 0.25) is 0 Å². The maximum absolute atomic E-state index is 13.7. The van der Waals surface area contributed by atoms with Gasteiger partial charge in [0.1, 0.15) is 11.9 Å². The topological polar surface area (TPSA) is 27.0 Å². The fraction of sp³-hybridized carbons (Fsp3) is 0.462. The fourth-order valence-corrected chi connectivity index (χ4v) is 2.16. The Labute approximate surface area is 95.3 Å². The molecule has 0 unspecified atom stereocenters. The lowest BCUT2D eigenvalue weighted by molar-refractivity contribution is 0.434. The summed E-state index contributed by atoms with van der Waals surface area (Å²) < 4.78 is 13.7. The van der Waals surface area contributed by atoms with Crippen molar-refractivity contribution in [3.8, 4) is 6.07 Å². The molecule has 16 heavy (non-hydrogen) atoms. The Balaban J connectivity index is 2.30. The van der Waals surface area contributed by atoms with Crippen molar-refractivity contribution in [1.82, 2.24) is 0 Å². The molecular formula is C13H15FN2.